The van der Waals surface area contributed by atoms with E-state index in [4.69, 9.17) is 4.74 Å². The lowest BCUT2D eigenvalue weighted by Crippen LogP contribution is -2.46. The third-order valence-electron chi connectivity index (χ3n) is 6.04. The number of amides is 2. The van der Waals surface area contributed by atoms with Crippen LogP contribution in [0.25, 0.3) is 11.7 Å². The molecule has 0 radical (unpaired) electrons. The Morgan fingerprint density at radius 3 is 2.62 bits per heavy atom. The number of hydrogen-bond acceptors (Lipinski definition) is 6. The number of nitrogens with zero attached hydrogens (tertiary/aromatic N) is 4. The molecule has 1 saturated carbocycles. The third kappa shape index (κ3) is 4.72. The summed E-state index contributed by atoms with van der Waals surface area (Å²) in [6.07, 6.45) is 4.81. The normalized spacial score (nSPS) is 19.2. The number of carbonyl (C=O) groups excluding carboxylic acids is 2. The Morgan fingerprint density at radius 1 is 1.29 bits per heavy atom. The van der Waals surface area contributed by atoms with Gasteiger partial charge in [-0.15, -0.1) is 0 Å². The number of nitrogens with one attached hydrogen (secondary N) is 1. The molecule has 3 heterocycles. The molecular weight excluding hydrogens is 438 g/mol. The molecule has 4 rings (SSSR count). The Morgan fingerprint density at radius 2 is 2.00 bits per heavy atom. The Kier molecular flexibility index (Phi) is 6.28. The summed E-state index contributed by atoms with van der Waals surface area (Å²) in [4.78, 5) is 40.6. The van der Waals surface area contributed by atoms with Crippen LogP contribution in [0.15, 0.2) is 10.9 Å². The summed E-state index contributed by atoms with van der Waals surface area (Å²) in [5.74, 6) is -1.16. The van der Waals surface area contributed by atoms with Crippen molar-refractivity contribution in [3.63, 3.8) is 0 Å². The van der Waals surface area contributed by atoms with Gasteiger partial charge in [-0.3, -0.25) is 19.0 Å². The van der Waals surface area contributed by atoms with E-state index < -0.39 is 17.3 Å². The van der Waals surface area contributed by atoms with Crippen LogP contribution in [0.2, 0.25) is 0 Å². The minimum atomic E-state index is -0.688. The molecule has 184 valence electrons. The first-order chi connectivity index (χ1) is 16.0. The average Bonchev–Trinajstić information content (AvgIpc) is 3.49. The van der Waals surface area contributed by atoms with Crippen molar-refractivity contribution in [2.45, 2.75) is 66.1 Å². The van der Waals surface area contributed by atoms with Crippen LogP contribution in [0.4, 0.5) is 0 Å². The van der Waals surface area contributed by atoms with Gasteiger partial charge in [-0.05, 0) is 38.2 Å². The molecule has 1 unspecified atom stereocenters. The molecule has 1 aliphatic heterocycles. The highest BCUT2D eigenvalue weighted by molar-refractivity contribution is 5.97. The van der Waals surface area contributed by atoms with Gasteiger partial charge in [0.1, 0.15) is 5.65 Å². The summed E-state index contributed by atoms with van der Waals surface area (Å²) in [6.45, 7) is 11.5. The van der Waals surface area contributed by atoms with Crippen LogP contribution >= 0.6 is 0 Å². The topological polar surface area (TPSA) is 118 Å². The molecular formula is C24H33N5O5. The van der Waals surface area contributed by atoms with E-state index in [-0.39, 0.29) is 29.0 Å². The number of aryl methyl sites for hydroxylation is 1. The zero-order valence-electron chi connectivity index (χ0n) is 20.4. The molecule has 10 nitrogen and oxygen atoms in total. The molecule has 2 aromatic heterocycles. The highest BCUT2D eigenvalue weighted by Crippen LogP contribution is 2.28. The van der Waals surface area contributed by atoms with Crippen LogP contribution in [-0.2, 0) is 16.1 Å². The van der Waals surface area contributed by atoms with Gasteiger partial charge in [-0.1, -0.05) is 20.8 Å². The SMILES string of the molecule is Cc1nn2c(=O)c(C(=O)NC3CC3)c(O)n(CC(C)(C)C)c2c1C=CC(=O)N1CCOCC1C. The van der Waals surface area contributed by atoms with Gasteiger partial charge >= 0.3 is 0 Å². The van der Waals surface area contributed by atoms with E-state index in [1.54, 1.807) is 22.5 Å². The van der Waals surface area contributed by atoms with Crippen LogP contribution in [0.3, 0.4) is 0 Å². The van der Waals surface area contributed by atoms with Crippen LogP contribution < -0.4 is 10.9 Å². The second-order valence-electron chi connectivity index (χ2n) is 10.4. The minimum absolute atomic E-state index is 0.0320. The number of fused-ring (bicyclic) bond motifs is 1. The van der Waals surface area contributed by atoms with Gasteiger partial charge in [0, 0.05) is 30.8 Å². The van der Waals surface area contributed by atoms with Gasteiger partial charge in [-0.25, -0.2) is 0 Å². The monoisotopic (exact) mass is 471 g/mol. The lowest BCUT2D eigenvalue weighted by Gasteiger charge is -2.32. The van der Waals surface area contributed by atoms with Gasteiger partial charge in [0.15, 0.2) is 5.56 Å². The highest BCUT2D eigenvalue weighted by Gasteiger charge is 2.31. The Hall–Kier alpha value is -3.14. The summed E-state index contributed by atoms with van der Waals surface area (Å²) in [5.41, 5.74) is 0.108. The molecule has 2 aromatic rings. The van der Waals surface area contributed by atoms with Gasteiger partial charge in [-0.2, -0.15) is 9.61 Å². The first-order valence-corrected chi connectivity index (χ1v) is 11.7. The van der Waals surface area contributed by atoms with Crippen molar-refractivity contribution in [3.05, 3.63) is 33.3 Å². The largest absolute Gasteiger partial charge is 0.494 e. The van der Waals surface area contributed by atoms with Crippen LogP contribution in [0.5, 0.6) is 5.88 Å². The van der Waals surface area contributed by atoms with Crippen molar-refractivity contribution in [2.24, 2.45) is 5.41 Å². The molecule has 10 heteroatoms. The maximum atomic E-state index is 13.3. The lowest BCUT2D eigenvalue weighted by atomic mass is 9.96. The molecule has 1 saturated heterocycles. The molecule has 0 aromatic carbocycles. The molecule has 2 N–H and O–H groups in total. The van der Waals surface area contributed by atoms with E-state index in [0.29, 0.717) is 43.2 Å². The summed E-state index contributed by atoms with van der Waals surface area (Å²) in [5, 5.41) is 18.3. The van der Waals surface area contributed by atoms with Crippen molar-refractivity contribution in [3.8, 4) is 5.88 Å². The van der Waals surface area contributed by atoms with E-state index >= 15 is 0 Å². The Bertz CT molecular complexity index is 1220. The van der Waals surface area contributed by atoms with Crippen LogP contribution in [-0.4, -0.2) is 67.8 Å². The molecule has 1 aliphatic carbocycles. The van der Waals surface area contributed by atoms with E-state index in [0.717, 1.165) is 17.4 Å². The van der Waals surface area contributed by atoms with Gasteiger partial charge in [0.05, 0.1) is 24.9 Å². The molecule has 2 aliphatic rings. The third-order valence-corrected chi connectivity index (χ3v) is 6.04. The second-order valence-corrected chi connectivity index (χ2v) is 10.4. The number of aromatic nitrogens is 3. The Labute approximate surface area is 198 Å². The number of ether oxygens (including phenoxy) is 1. The molecule has 34 heavy (non-hydrogen) atoms. The van der Waals surface area contributed by atoms with Crippen molar-refractivity contribution < 1.29 is 19.4 Å². The molecule has 1 atom stereocenters. The van der Waals surface area contributed by atoms with E-state index in [1.807, 2.05) is 27.7 Å². The Balaban J connectivity index is 1.83. The average molecular weight is 472 g/mol. The summed E-state index contributed by atoms with van der Waals surface area (Å²) >= 11 is 0. The lowest BCUT2D eigenvalue weighted by molar-refractivity contribution is -0.133. The van der Waals surface area contributed by atoms with Gasteiger partial charge in [0.25, 0.3) is 11.5 Å². The first-order valence-electron chi connectivity index (χ1n) is 11.7. The van der Waals surface area contributed by atoms with Crippen LogP contribution in [0, 0.1) is 12.3 Å². The zero-order valence-corrected chi connectivity index (χ0v) is 20.4. The summed E-state index contributed by atoms with van der Waals surface area (Å²) in [6, 6.07) is -0.00365. The predicted octanol–water partition coefficient (Wildman–Crippen LogP) is 1.71. The number of rotatable bonds is 5. The van der Waals surface area contributed by atoms with Crippen molar-refractivity contribution in [1.82, 2.24) is 24.4 Å². The predicted molar refractivity (Wildman–Crippen MR) is 127 cm³/mol. The highest BCUT2D eigenvalue weighted by atomic mass is 16.5. The fraction of sp³-hybridized carbons (Fsp3) is 0.583. The molecule has 2 amide bonds. The summed E-state index contributed by atoms with van der Waals surface area (Å²) in [7, 11) is 0. The maximum absolute atomic E-state index is 13.3. The van der Waals surface area contributed by atoms with Crippen LogP contribution in [0.1, 0.15) is 62.2 Å². The second kappa shape index (κ2) is 8.90. The van der Waals surface area contributed by atoms with Crippen molar-refractivity contribution in [1.29, 1.82) is 0 Å². The quantitative estimate of drug-likeness (QED) is 0.641. The smallest absolute Gasteiger partial charge is 0.291 e. The summed E-state index contributed by atoms with van der Waals surface area (Å²) < 4.78 is 8.11. The molecule has 0 spiro atoms. The van der Waals surface area contributed by atoms with Gasteiger partial charge < -0.3 is 20.1 Å². The number of aromatic hydroxyl groups is 1. The zero-order chi connectivity index (χ0) is 24.8. The van der Waals surface area contributed by atoms with E-state index in [2.05, 4.69) is 10.4 Å². The van der Waals surface area contributed by atoms with Crippen molar-refractivity contribution in [2.75, 3.05) is 19.8 Å². The number of hydrogen-bond donors (Lipinski definition) is 2. The standard InChI is InChI=1S/C24H33N5O5/c1-14-12-34-11-10-27(14)18(30)9-8-17-15(2)26-29-21(17)28(13-24(3,4)5)22(32)19(23(29)33)20(31)25-16-6-7-16/h8-9,14,16,32H,6-7,10-13H2,1-5H3,(H,25,31). The van der Waals surface area contributed by atoms with Gasteiger partial charge in [0.2, 0.25) is 11.8 Å². The minimum Gasteiger partial charge on any atom is -0.494 e. The van der Waals surface area contributed by atoms with E-state index in [1.165, 1.54) is 6.08 Å². The van der Waals surface area contributed by atoms with E-state index in [9.17, 15) is 19.5 Å². The molecule has 2 fully saturated rings. The maximum Gasteiger partial charge on any atom is 0.291 e. The number of morpholine rings is 1. The van der Waals surface area contributed by atoms with Crippen molar-refractivity contribution >= 4 is 23.5 Å². The number of carbonyl (C=O) groups is 2. The fourth-order valence-electron chi connectivity index (χ4n) is 4.17. The first kappa shape index (κ1) is 24.0. The molecule has 0 bridgehead atoms. The fourth-order valence-corrected chi connectivity index (χ4v) is 4.17.